The van der Waals surface area contributed by atoms with Gasteiger partial charge in [0.15, 0.2) is 0 Å². The van der Waals surface area contributed by atoms with Crippen LogP contribution in [0.1, 0.15) is 66.7 Å². The van der Waals surface area contributed by atoms with Crippen molar-refractivity contribution in [1.29, 1.82) is 0 Å². The van der Waals surface area contributed by atoms with E-state index < -0.39 is 0 Å². The molecule has 0 aliphatic rings. The normalized spacial score (nSPS) is 12.2. The lowest BCUT2D eigenvalue weighted by atomic mass is 9.87. The molecule has 0 aromatic heterocycles. The molecule has 0 atom stereocenters. The van der Waals surface area contributed by atoms with E-state index in [1.807, 2.05) is 26.1 Å². The molecular formula is C18H31N. The molecule has 19 heavy (non-hydrogen) atoms. The molecule has 0 N–H and O–H groups in total. The maximum Gasteiger partial charge on any atom is 0.0301 e. The highest BCUT2D eigenvalue weighted by Gasteiger charge is 2.12. The highest BCUT2D eigenvalue weighted by molar-refractivity contribution is 5.79. The molecule has 108 valence electrons. The van der Waals surface area contributed by atoms with Crippen molar-refractivity contribution in [3.05, 3.63) is 36.6 Å². The number of rotatable bonds is 8. The van der Waals surface area contributed by atoms with Crippen LogP contribution in [0.4, 0.5) is 0 Å². The van der Waals surface area contributed by atoms with Crippen LogP contribution in [-0.2, 0) is 0 Å². The molecule has 0 unspecified atom stereocenters. The minimum Gasteiger partial charge on any atom is -0.266 e. The van der Waals surface area contributed by atoms with Gasteiger partial charge in [-0.2, -0.15) is 0 Å². The largest absolute Gasteiger partial charge is 0.266 e. The average Bonchev–Trinajstić information content (AvgIpc) is 2.29. The Kier molecular flexibility index (Phi) is 8.38. The van der Waals surface area contributed by atoms with Gasteiger partial charge in [-0.15, -0.1) is 6.58 Å². The smallest absolute Gasteiger partial charge is 0.0301 e. The lowest BCUT2D eigenvalue weighted by molar-refractivity contribution is 0.378. The summed E-state index contributed by atoms with van der Waals surface area (Å²) in [5, 5.41) is 0. The van der Waals surface area contributed by atoms with Crippen molar-refractivity contribution in [2.45, 2.75) is 66.7 Å². The van der Waals surface area contributed by atoms with E-state index in [0.29, 0.717) is 5.41 Å². The number of nitrogens with zero attached hydrogens (tertiary/aromatic N) is 1. The lowest BCUT2D eigenvalue weighted by Crippen LogP contribution is -2.05. The minimum atomic E-state index is 0.360. The van der Waals surface area contributed by atoms with Crippen molar-refractivity contribution in [2.24, 2.45) is 10.4 Å². The van der Waals surface area contributed by atoms with Gasteiger partial charge >= 0.3 is 0 Å². The fraction of sp³-hybridized carbons (Fsp3) is 0.611. The van der Waals surface area contributed by atoms with Crippen LogP contribution in [0.5, 0.6) is 0 Å². The predicted octanol–water partition coefficient (Wildman–Crippen LogP) is 6.09. The summed E-state index contributed by atoms with van der Waals surface area (Å²) in [5.74, 6) is 0. The predicted molar refractivity (Wildman–Crippen MR) is 88.7 cm³/mol. The van der Waals surface area contributed by atoms with Crippen molar-refractivity contribution < 1.29 is 0 Å². The van der Waals surface area contributed by atoms with E-state index >= 15 is 0 Å². The minimum absolute atomic E-state index is 0.360. The fourth-order valence-corrected chi connectivity index (χ4v) is 1.66. The molecule has 0 aliphatic carbocycles. The molecule has 0 heterocycles. The number of allylic oxidation sites excluding steroid dienone is 3. The molecule has 0 aromatic carbocycles. The van der Waals surface area contributed by atoms with Crippen molar-refractivity contribution in [3.63, 3.8) is 0 Å². The van der Waals surface area contributed by atoms with E-state index in [4.69, 9.17) is 0 Å². The van der Waals surface area contributed by atoms with Gasteiger partial charge in [0.2, 0.25) is 0 Å². The molecule has 0 amide bonds. The van der Waals surface area contributed by atoms with Gasteiger partial charge in [0.25, 0.3) is 0 Å². The van der Waals surface area contributed by atoms with E-state index in [0.717, 1.165) is 31.4 Å². The first-order chi connectivity index (χ1) is 8.76. The van der Waals surface area contributed by atoms with Gasteiger partial charge in [0, 0.05) is 11.9 Å². The zero-order valence-corrected chi connectivity index (χ0v) is 13.6. The third-order valence-electron chi connectivity index (χ3n) is 2.96. The number of unbranched alkanes of at least 4 members (excludes halogenated alkanes) is 1. The van der Waals surface area contributed by atoms with Crippen LogP contribution in [0.25, 0.3) is 0 Å². The van der Waals surface area contributed by atoms with Gasteiger partial charge in [0.1, 0.15) is 0 Å². The molecule has 0 rings (SSSR count). The maximum atomic E-state index is 4.44. The van der Waals surface area contributed by atoms with Gasteiger partial charge in [-0.25, -0.2) is 0 Å². The molecule has 0 bridgehead atoms. The van der Waals surface area contributed by atoms with Gasteiger partial charge in [0.05, 0.1) is 0 Å². The molecule has 0 fully saturated rings. The Labute approximate surface area is 120 Å². The molecule has 0 aromatic rings. The van der Waals surface area contributed by atoms with Crippen molar-refractivity contribution in [1.82, 2.24) is 0 Å². The number of aliphatic imine (C=N–C) groups is 1. The Morgan fingerprint density at radius 2 is 1.79 bits per heavy atom. The first-order valence-corrected chi connectivity index (χ1v) is 7.25. The van der Waals surface area contributed by atoms with Crippen molar-refractivity contribution in [2.75, 3.05) is 0 Å². The molecule has 0 saturated heterocycles. The first kappa shape index (κ1) is 17.9. The topological polar surface area (TPSA) is 12.4 Å². The van der Waals surface area contributed by atoms with Gasteiger partial charge < -0.3 is 0 Å². The summed E-state index contributed by atoms with van der Waals surface area (Å²) in [6.07, 6.45) is 9.43. The van der Waals surface area contributed by atoms with E-state index in [2.05, 4.69) is 38.9 Å². The second-order valence-corrected chi connectivity index (χ2v) is 6.58. The summed E-state index contributed by atoms with van der Waals surface area (Å²) in [4.78, 5) is 4.44. The molecule has 0 radical (unpaired) electrons. The number of hydrogen-bond acceptors (Lipinski definition) is 1. The Bertz CT molecular complexity index is 346. The second-order valence-electron chi connectivity index (χ2n) is 6.58. The Hall–Kier alpha value is -1.11. The quantitative estimate of drug-likeness (QED) is 0.217. The van der Waals surface area contributed by atoms with Gasteiger partial charge in [-0.05, 0) is 56.9 Å². The second kappa shape index (κ2) is 8.90. The van der Waals surface area contributed by atoms with Crippen LogP contribution in [-0.4, -0.2) is 5.71 Å². The summed E-state index contributed by atoms with van der Waals surface area (Å²) < 4.78 is 0. The standard InChI is InChI=1S/C18H31N/c1-8-9-10-11-17(14-19-15(2)3)16(4)12-13-18(5,6)7/h8,14H,1,4,9-13H2,2-3,5-7H3/b17-14-. The zero-order chi connectivity index (χ0) is 14.9. The van der Waals surface area contributed by atoms with Crippen LogP contribution in [0.2, 0.25) is 0 Å². The lowest BCUT2D eigenvalue weighted by Gasteiger charge is -2.19. The van der Waals surface area contributed by atoms with Crippen LogP contribution in [0.3, 0.4) is 0 Å². The third kappa shape index (κ3) is 10.5. The summed E-state index contributed by atoms with van der Waals surface area (Å²) >= 11 is 0. The summed E-state index contributed by atoms with van der Waals surface area (Å²) in [6, 6.07) is 0. The van der Waals surface area contributed by atoms with Crippen LogP contribution < -0.4 is 0 Å². The first-order valence-electron chi connectivity index (χ1n) is 7.25. The fourth-order valence-electron chi connectivity index (χ4n) is 1.66. The van der Waals surface area contributed by atoms with Gasteiger partial charge in [-0.1, -0.05) is 39.0 Å². The van der Waals surface area contributed by atoms with E-state index in [1.54, 1.807) is 0 Å². The van der Waals surface area contributed by atoms with E-state index in [-0.39, 0.29) is 0 Å². The summed E-state index contributed by atoms with van der Waals surface area (Å²) in [7, 11) is 0. The van der Waals surface area contributed by atoms with Crippen LogP contribution >= 0.6 is 0 Å². The number of hydrogen-bond donors (Lipinski definition) is 0. The molecule has 0 spiro atoms. The third-order valence-corrected chi connectivity index (χ3v) is 2.96. The molecule has 1 heteroatoms. The summed E-state index contributed by atoms with van der Waals surface area (Å²) in [6.45, 7) is 18.9. The zero-order valence-electron chi connectivity index (χ0n) is 13.6. The Morgan fingerprint density at radius 3 is 2.26 bits per heavy atom. The highest BCUT2D eigenvalue weighted by atomic mass is 14.7. The van der Waals surface area contributed by atoms with Crippen LogP contribution in [0, 0.1) is 5.41 Å². The van der Waals surface area contributed by atoms with Crippen molar-refractivity contribution in [3.8, 4) is 0 Å². The monoisotopic (exact) mass is 261 g/mol. The Morgan fingerprint density at radius 1 is 1.16 bits per heavy atom. The van der Waals surface area contributed by atoms with Crippen LogP contribution in [0.15, 0.2) is 41.6 Å². The summed E-state index contributed by atoms with van der Waals surface area (Å²) in [5.41, 5.74) is 3.99. The molecule has 1 nitrogen and oxygen atoms in total. The SMILES string of the molecule is C=CCCC/C(=C/N=C(C)C)C(=C)CCC(C)(C)C. The van der Waals surface area contributed by atoms with E-state index in [1.165, 1.54) is 17.6 Å². The average molecular weight is 261 g/mol. The maximum absolute atomic E-state index is 4.44. The molecule has 0 aliphatic heterocycles. The van der Waals surface area contributed by atoms with E-state index in [9.17, 15) is 0 Å². The van der Waals surface area contributed by atoms with Gasteiger partial charge in [-0.3, -0.25) is 4.99 Å². The Balaban J connectivity index is 4.63. The highest BCUT2D eigenvalue weighted by Crippen LogP contribution is 2.27. The van der Waals surface area contributed by atoms with Crippen molar-refractivity contribution >= 4 is 5.71 Å². The molecule has 0 saturated carbocycles. The molecular weight excluding hydrogens is 230 g/mol.